The van der Waals surface area contributed by atoms with Crippen molar-refractivity contribution in [2.45, 2.75) is 0 Å². The van der Waals surface area contributed by atoms with Crippen LogP contribution in [0, 0.1) is 0 Å². The van der Waals surface area contributed by atoms with Crippen LogP contribution in [0.2, 0.25) is 0 Å². The molecule has 7 heteroatoms. The smallest absolute Gasteiger partial charge is 0.338 e. The van der Waals surface area contributed by atoms with E-state index in [1.54, 1.807) is 17.0 Å². The number of benzene rings is 1. The number of morpholine rings is 1. The highest BCUT2D eigenvalue weighted by molar-refractivity contribution is 9.10. The molecule has 1 aliphatic rings. The summed E-state index contributed by atoms with van der Waals surface area (Å²) in [6.07, 6.45) is 0. The third kappa shape index (κ3) is 3.71. The lowest BCUT2D eigenvalue weighted by molar-refractivity contribution is -0.138. The lowest BCUT2D eigenvalue weighted by Gasteiger charge is -2.26. The number of carbonyl (C=O) groups is 2. The van der Waals surface area contributed by atoms with Gasteiger partial charge in [-0.25, -0.2) is 4.79 Å². The number of hydrogen-bond acceptors (Lipinski definition) is 5. The summed E-state index contributed by atoms with van der Waals surface area (Å²) < 4.78 is 10.9. The number of rotatable bonds is 3. The number of ether oxygens (including phenoxy) is 2. The highest BCUT2D eigenvalue weighted by atomic mass is 79.9. The van der Waals surface area contributed by atoms with Crippen molar-refractivity contribution >= 4 is 33.5 Å². The molecule has 1 fully saturated rings. The molecule has 6 nitrogen and oxygen atoms in total. The normalized spacial score (nSPS) is 14.9. The van der Waals surface area contributed by atoms with Gasteiger partial charge in [-0.3, -0.25) is 4.79 Å². The molecule has 1 saturated heterocycles. The van der Waals surface area contributed by atoms with Crippen LogP contribution in [0.15, 0.2) is 22.7 Å². The molecule has 1 amide bonds. The number of esters is 1. The maximum atomic E-state index is 11.8. The fourth-order valence-electron chi connectivity index (χ4n) is 1.79. The molecule has 1 aromatic rings. The zero-order valence-corrected chi connectivity index (χ0v) is 12.4. The van der Waals surface area contributed by atoms with E-state index in [0.717, 1.165) is 0 Å². The summed E-state index contributed by atoms with van der Waals surface area (Å²) in [6.45, 7) is 1.82. The molecular formula is C13H15BrN2O4. The fourth-order valence-corrected chi connectivity index (χ4v) is 2.03. The summed E-state index contributed by atoms with van der Waals surface area (Å²) >= 11 is 3.24. The first kappa shape index (κ1) is 14.8. The number of nitrogens with two attached hydrogens (primary N) is 1. The molecular weight excluding hydrogens is 328 g/mol. The zero-order valence-electron chi connectivity index (χ0n) is 10.8. The van der Waals surface area contributed by atoms with Gasteiger partial charge < -0.3 is 20.1 Å². The first-order valence-corrected chi connectivity index (χ1v) is 6.95. The van der Waals surface area contributed by atoms with Gasteiger partial charge in [0.1, 0.15) is 0 Å². The number of halogens is 1. The SMILES string of the molecule is Nc1cc(C(=O)OCC(=O)N2CCOCC2)ccc1Br. The van der Waals surface area contributed by atoms with Crippen LogP contribution in [-0.4, -0.2) is 49.7 Å². The summed E-state index contributed by atoms with van der Waals surface area (Å²) in [5, 5.41) is 0. The molecule has 0 aliphatic carbocycles. The van der Waals surface area contributed by atoms with E-state index in [9.17, 15) is 9.59 Å². The summed E-state index contributed by atoms with van der Waals surface area (Å²) in [7, 11) is 0. The van der Waals surface area contributed by atoms with E-state index < -0.39 is 5.97 Å². The summed E-state index contributed by atoms with van der Waals surface area (Å²) in [5.74, 6) is -0.780. The van der Waals surface area contributed by atoms with E-state index in [2.05, 4.69) is 15.9 Å². The van der Waals surface area contributed by atoms with Gasteiger partial charge in [0.05, 0.1) is 18.8 Å². The Hall–Kier alpha value is -1.60. The van der Waals surface area contributed by atoms with Crippen LogP contribution in [0.5, 0.6) is 0 Å². The van der Waals surface area contributed by atoms with Crippen LogP contribution in [0.3, 0.4) is 0 Å². The Balaban J connectivity index is 1.88. The number of hydrogen-bond donors (Lipinski definition) is 1. The van der Waals surface area contributed by atoms with Crippen LogP contribution in [0.25, 0.3) is 0 Å². The zero-order chi connectivity index (χ0) is 14.5. The molecule has 108 valence electrons. The minimum Gasteiger partial charge on any atom is -0.452 e. The average Bonchev–Trinajstić information content (AvgIpc) is 2.48. The second kappa shape index (κ2) is 6.71. The van der Waals surface area contributed by atoms with Gasteiger partial charge in [-0.15, -0.1) is 0 Å². The Kier molecular flexibility index (Phi) is 4.97. The van der Waals surface area contributed by atoms with Gasteiger partial charge in [0.2, 0.25) is 0 Å². The van der Waals surface area contributed by atoms with Crippen molar-refractivity contribution in [1.82, 2.24) is 4.90 Å². The first-order chi connectivity index (χ1) is 9.58. The monoisotopic (exact) mass is 342 g/mol. The second-order valence-electron chi connectivity index (χ2n) is 4.31. The van der Waals surface area contributed by atoms with Crippen LogP contribution < -0.4 is 5.73 Å². The summed E-state index contributed by atoms with van der Waals surface area (Å²) in [6, 6.07) is 4.75. The molecule has 0 atom stereocenters. The van der Waals surface area contributed by atoms with E-state index in [1.807, 2.05) is 0 Å². The molecule has 1 aromatic carbocycles. The second-order valence-corrected chi connectivity index (χ2v) is 5.16. The quantitative estimate of drug-likeness (QED) is 0.655. The molecule has 0 saturated carbocycles. The fraction of sp³-hybridized carbons (Fsp3) is 0.385. The van der Waals surface area contributed by atoms with Crippen molar-refractivity contribution in [3.63, 3.8) is 0 Å². The van der Waals surface area contributed by atoms with Crippen molar-refractivity contribution in [2.75, 3.05) is 38.6 Å². The van der Waals surface area contributed by atoms with Crippen molar-refractivity contribution in [1.29, 1.82) is 0 Å². The molecule has 20 heavy (non-hydrogen) atoms. The first-order valence-electron chi connectivity index (χ1n) is 6.15. The van der Waals surface area contributed by atoms with Crippen LogP contribution >= 0.6 is 15.9 Å². The van der Waals surface area contributed by atoms with Gasteiger partial charge in [0, 0.05) is 23.2 Å². The van der Waals surface area contributed by atoms with E-state index >= 15 is 0 Å². The molecule has 2 rings (SSSR count). The van der Waals surface area contributed by atoms with Crippen molar-refractivity contribution < 1.29 is 19.1 Å². The van der Waals surface area contributed by atoms with Gasteiger partial charge in [-0.2, -0.15) is 0 Å². The maximum Gasteiger partial charge on any atom is 0.338 e. The number of nitrogen functional groups attached to an aromatic ring is 1. The number of nitrogens with zero attached hydrogens (tertiary/aromatic N) is 1. The van der Waals surface area contributed by atoms with Crippen LogP contribution in [0.1, 0.15) is 10.4 Å². The molecule has 2 N–H and O–H groups in total. The largest absolute Gasteiger partial charge is 0.452 e. The van der Waals surface area contributed by atoms with E-state index in [1.165, 1.54) is 6.07 Å². The van der Waals surface area contributed by atoms with E-state index in [-0.39, 0.29) is 12.5 Å². The van der Waals surface area contributed by atoms with Crippen LogP contribution in [0.4, 0.5) is 5.69 Å². The van der Waals surface area contributed by atoms with Gasteiger partial charge in [0.25, 0.3) is 5.91 Å². The molecule has 0 bridgehead atoms. The van der Waals surface area contributed by atoms with E-state index in [0.29, 0.717) is 42.0 Å². The van der Waals surface area contributed by atoms with Gasteiger partial charge in [-0.1, -0.05) is 0 Å². The lowest BCUT2D eigenvalue weighted by atomic mass is 10.2. The Morgan fingerprint density at radius 1 is 1.35 bits per heavy atom. The van der Waals surface area contributed by atoms with E-state index in [4.69, 9.17) is 15.2 Å². The molecule has 0 spiro atoms. The molecule has 0 radical (unpaired) electrons. The molecule has 1 aliphatic heterocycles. The number of amides is 1. The number of anilines is 1. The predicted molar refractivity (Wildman–Crippen MR) is 76.2 cm³/mol. The minimum atomic E-state index is -0.564. The molecule has 0 unspecified atom stereocenters. The van der Waals surface area contributed by atoms with Crippen LogP contribution in [-0.2, 0) is 14.3 Å². The highest BCUT2D eigenvalue weighted by Crippen LogP contribution is 2.20. The highest BCUT2D eigenvalue weighted by Gasteiger charge is 2.18. The lowest BCUT2D eigenvalue weighted by Crippen LogP contribution is -2.42. The van der Waals surface area contributed by atoms with Crippen molar-refractivity contribution in [3.05, 3.63) is 28.2 Å². The summed E-state index contributed by atoms with van der Waals surface area (Å²) in [4.78, 5) is 25.2. The predicted octanol–water partition coefficient (Wildman–Crippen LogP) is 1.05. The van der Waals surface area contributed by atoms with Crippen molar-refractivity contribution in [3.8, 4) is 0 Å². The summed E-state index contributed by atoms with van der Waals surface area (Å²) in [5.41, 5.74) is 6.45. The Morgan fingerprint density at radius 3 is 2.70 bits per heavy atom. The topological polar surface area (TPSA) is 81.9 Å². The third-order valence-corrected chi connectivity index (χ3v) is 3.64. The van der Waals surface area contributed by atoms with Gasteiger partial charge >= 0.3 is 5.97 Å². The molecule has 1 heterocycles. The standard InChI is InChI=1S/C13H15BrN2O4/c14-10-2-1-9(7-11(10)15)13(18)20-8-12(17)16-3-5-19-6-4-16/h1-2,7H,3-6,8,15H2. The van der Waals surface area contributed by atoms with Gasteiger partial charge in [-0.05, 0) is 34.1 Å². The Bertz CT molecular complexity index is 515. The minimum absolute atomic E-state index is 0.216. The molecule has 0 aromatic heterocycles. The Morgan fingerprint density at radius 2 is 2.05 bits per heavy atom. The van der Waals surface area contributed by atoms with Gasteiger partial charge in [0.15, 0.2) is 6.61 Å². The van der Waals surface area contributed by atoms with Crippen molar-refractivity contribution in [2.24, 2.45) is 0 Å². The Labute approximate surface area is 124 Å². The third-order valence-electron chi connectivity index (χ3n) is 2.92. The average molecular weight is 343 g/mol. The maximum absolute atomic E-state index is 11.8. The number of carbonyl (C=O) groups excluding carboxylic acids is 2.